The number of sulfonamides is 1. The molecule has 43 heavy (non-hydrogen) atoms. The summed E-state index contributed by atoms with van der Waals surface area (Å²) < 4.78 is 46.6. The minimum absolute atomic E-state index is 0.0730. The highest BCUT2D eigenvalue weighted by Crippen LogP contribution is 2.32. The van der Waals surface area contributed by atoms with Crippen LogP contribution in [-0.2, 0) is 14.8 Å². The number of carbonyl (C=O) groups is 1. The van der Waals surface area contributed by atoms with Gasteiger partial charge in [0.1, 0.15) is 12.3 Å². The molecule has 3 aromatic carbocycles. The predicted molar refractivity (Wildman–Crippen MR) is 168 cm³/mol. The number of rotatable bonds is 11. The fourth-order valence-corrected chi connectivity index (χ4v) is 6.37. The van der Waals surface area contributed by atoms with Crippen LogP contribution in [0.5, 0.6) is 17.2 Å². The van der Waals surface area contributed by atoms with Crippen LogP contribution < -0.4 is 23.9 Å². The van der Waals surface area contributed by atoms with Crippen molar-refractivity contribution in [3.05, 3.63) is 94.8 Å². The van der Waals surface area contributed by atoms with Gasteiger partial charge in [-0.2, -0.15) is 5.10 Å². The van der Waals surface area contributed by atoms with Crippen LogP contribution in [0.2, 0.25) is 0 Å². The van der Waals surface area contributed by atoms with Gasteiger partial charge in [0, 0.05) is 23.0 Å². The molecule has 0 aliphatic heterocycles. The fraction of sp³-hybridized carbons (Fsp3) is 0.250. The van der Waals surface area contributed by atoms with Crippen LogP contribution in [0.1, 0.15) is 28.1 Å². The predicted octanol–water partition coefficient (Wildman–Crippen LogP) is 5.08. The molecule has 4 rings (SSSR count). The van der Waals surface area contributed by atoms with Gasteiger partial charge in [-0.3, -0.25) is 9.10 Å². The van der Waals surface area contributed by atoms with Gasteiger partial charge >= 0.3 is 0 Å². The van der Waals surface area contributed by atoms with Gasteiger partial charge in [0.15, 0.2) is 11.5 Å². The highest BCUT2D eigenvalue weighted by Gasteiger charge is 2.28. The van der Waals surface area contributed by atoms with Crippen LogP contribution in [0.3, 0.4) is 0 Å². The zero-order chi connectivity index (χ0) is 31.3. The number of hydrogen-bond acceptors (Lipinski definition) is 7. The van der Waals surface area contributed by atoms with E-state index < -0.39 is 22.5 Å². The number of aromatic nitrogens is 1. The molecular formula is C32H36N4O6S. The van der Waals surface area contributed by atoms with E-state index in [9.17, 15) is 13.2 Å². The van der Waals surface area contributed by atoms with E-state index in [4.69, 9.17) is 14.2 Å². The normalized spacial score (nSPS) is 11.4. The average molecular weight is 605 g/mol. The molecule has 0 spiro atoms. The monoisotopic (exact) mass is 604 g/mol. The molecule has 0 unspecified atom stereocenters. The first-order chi connectivity index (χ1) is 20.5. The lowest BCUT2D eigenvalue weighted by Crippen LogP contribution is -2.39. The molecule has 0 fully saturated rings. The zero-order valence-corrected chi connectivity index (χ0v) is 26.2. The molecule has 226 valence electrons. The van der Waals surface area contributed by atoms with E-state index in [-0.39, 0.29) is 16.3 Å². The van der Waals surface area contributed by atoms with Gasteiger partial charge in [0.2, 0.25) is 0 Å². The average Bonchev–Trinajstić information content (AvgIpc) is 3.27. The molecule has 0 aliphatic rings. The highest BCUT2D eigenvalue weighted by atomic mass is 32.2. The summed E-state index contributed by atoms with van der Waals surface area (Å²) in [5.74, 6) is 0.534. The molecule has 1 heterocycles. The first-order valence-electron chi connectivity index (χ1n) is 13.5. The summed E-state index contributed by atoms with van der Waals surface area (Å²) in [5, 5.41) is 4.16. The number of aryl methyl sites for hydroxylation is 3. The Bertz CT molecular complexity index is 1740. The Balaban J connectivity index is 1.61. The lowest BCUT2D eigenvalue weighted by molar-refractivity contribution is -0.119. The Morgan fingerprint density at radius 3 is 2.14 bits per heavy atom. The number of methoxy groups -OCH3 is 3. The number of anilines is 1. The van der Waals surface area contributed by atoms with Gasteiger partial charge in [0.25, 0.3) is 15.9 Å². The molecule has 0 bridgehead atoms. The summed E-state index contributed by atoms with van der Waals surface area (Å²) in [6.45, 7) is 7.62. The minimum Gasteiger partial charge on any atom is -0.497 e. The molecular weight excluding hydrogens is 568 g/mol. The molecule has 0 radical (unpaired) electrons. The number of hydrazone groups is 1. The van der Waals surface area contributed by atoms with Crippen molar-refractivity contribution in [2.45, 2.75) is 32.6 Å². The number of nitrogens with zero attached hydrogens (tertiary/aromatic N) is 3. The van der Waals surface area contributed by atoms with Gasteiger partial charge in [-0.1, -0.05) is 18.2 Å². The van der Waals surface area contributed by atoms with Gasteiger partial charge in [-0.15, -0.1) is 0 Å². The van der Waals surface area contributed by atoms with Gasteiger partial charge < -0.3 is 18.8 Å². The molecule has 0 saturated heterocycles. The smallest absolute Gasteiger partial charge is 0.264 e. The van der Waals surface area contributed by atoms with Crippen molar-refractivity contribution >= 4 is 27.8 Å². The SMILES string of the molecule is COc1ccc(N(CC(=O)N/N=C/c2cc(C)n(-c3c(C)cccc3C)c2C)S(=O)(=O)c2ccc(OC)c(OC)c2)cc1. The zero-order valence-electron chi connectivity index (χ0n) is 25.3. The van der Waals surface area contributed by atoms with Crippen molar-refractivity contribution in [2.75, 3.05) is 32.2 Å². The molecule has 1 aromatic heterocycles. The largest absolute Gasteiger partial charge is 0.497 e. The van der Waals surface area contributed by atoms with Crippen molar-refractivity contribution < 1.29 is 27.4 Å². The van der Waals surface area contributed by atoms with Crippen LogP contribution in [0, 0.1) is 27.7 Å². The van der Waals surface area contributed by atoms with Crippen LogP contribution >= 0.6 is 0 Å². The van der Waals surface area contributed by atoms with Gasteiger partial charge in [-0.25, -0.2) is 13.8 Å². The summed E-state index contributed by atoms with van der Waals surface area (Å²) in [7, 11) is 0.179. The Kier molecular flexibility index (Phi) is 9.45. The van der Waals surface area contributed by atoms with Crippen LogP contribution in [0.15, 0.2) is 76.7 Å². The van der Waals surface area contributed by atoms with Crippen molar-refractivity contribution in [1.82, 2.24) is 9.99 Å². The summed E-state index contributed by atoms with van der Waals surface area (Å²) in [5.41, 5.74) is 8.96. The van der Waals surface area contributed by atoms with Crippen LogP contribution in [-0.4, -0.2) is 53.0 Å². The van der Waals surface area contributed by atoms with Crippen LogP contribution in [0.25, 0.3) is 5.69 Å². The Hall–Kier alpha value is -4.77. The molecule has 1 N–H and O–H groups in total. The summed E-state index contributed by atoms with van der Waals surface area (Å²) in [6.07, 6.45) is 1.56. The lowest BCUT2D eigenvalue weighted by Gasteiger charge is -2.24. The first-order valence-corrected chi connectivity index (χ1v) is 14.9. The molecule has 0 aliphatic carbocycles. The second-order valence-electron chi connectivity index (χ2n) is 9.92. The molecule has 0 atom stereocenters. The van der Waals surface area contributed by atoms with Gasteiger partial charge in [-0.05, 0) is 81.3 Å². The Morgan fingerprint density at radius 2 is 1.53 bits per heavy atom. The van der Waals surface area contributed by atoms with Crippen LogP contribution in [0.4, 0.5) is 5.69 Å². The quantitative estimate of drug-likeness (QED) is 0.189. The van der Waals surface area contributed by atoms with Crippen molar-refractivity contribution in [3.8, 4) is 22.9 Å². The van der Waals surface area contributed by atoms with E-state index in [0.29, 0.717) is 11.5 Å². The second kappa shape index (κ2) is 13.0. The molecule has 0 saturated carbocycles. The third-order valence-electron chi connectivity index (χ3n) is 7.12. The number of amides is 1. The molecule has 10 nitrogen and oxygen atoms in total. The third-order valence-corrected chi connectivity index (χ3v) is 8.89. The standard InChI is InChI=1S/C32H36N4O6S/c1-21-9-8-10-22(2)32(21)36-23(3)17-25(24(36)4)19-33-34-31(37)20-35(26-11-13-27(40-5)14-12-26)43(38,39)28-15-16-29(41-6)30(18-28)42-7/h8-19H,20H2,1-7H3,(H,34,37)/b33-19+. The Morgan fingerprint density at radius 1 is 0.884 bits per heavy atom. The topological polar surface area (TPSA) is 111 Å². The van der Waals surface area contributed by atoms with E-state index in [1.807, 2.05) is 26.0 Å². The number of ether oxygens (including phenoxy) is 3. The van der Waals surface area contributed by atoms with Crippen molar-refractivity contribution in [2.24, 2.45) is 5.10 Å². The van der Waals surface area contributed by atoms with E-state index in [1.54, 1.807) is 30.5 Å². The van der Waals surface area contributed by atoms with Crippen molar-refractivity contribution in [3.63, 3.8) is 0 Å². The summed E-state index contributed by atoms with van der Waals surface area (Å²) >= 11 is 0. The highest BCUT2D eigenvalue weighted by molar-refractivity contribution is 7.92. The second-order valence-corrected chi connectivity index (χ2v) is 11.8. The molecule has 11 heteroatoms. The van der Waals surface area contributed by atoms with E-state index in [0.717, 1.165) is 38.1 Å². The number of hydrogen-bond donors (Lipinski definition) is 1. The number of para-hydroxylation sites is 1. The van der Waals surface area contributed by atoms with Gasteiger partial charge in [0.05, 0.1) is 43.8 Å². The number of benzene rings is 3. The van der Waals surface area contributed by atoms with E-state index in [1.165, 1.54) is 39.5 Å². The summed E-state index contributed by atoms with van der Waals surface area (Å²) in [4.78, 5) is 13.0. The maximum absolute atomic E-state index is 13.8. The Labute approximate surface area is 252 Å². The fourth-order valence-electron chi connectivity index (χ4n) is 4.93. The lowest BCUT2D eigenvalue weighted by atomic mass is 10.1. The maximum Gasteiger partial charge on any atom is 0.264 e. The number of nitrogens with one attached hydrogen (secondary N) is 1. The van der Waals surface area contributed by atoms with Crippen molar-refractivity contribution in [1.29, 1.82) is 0 Å². The number of carbonyl (C=O) groups excluding carboxylic acids is 1. The molecule has 1 amide bonds. The summed E-state index contributed by atoms with van der Waals surface area (Å²) in [6, 6.07) is 18.8. The maximum atomic E-state index is 13.8. The minimum atomic E-state index is -4.21. The van der Waals surface area contributed by atoms with E-state index in [2.05, 4.69) is 41.1 Å². The first kappa shape index (κ1) is 31.2. The molecule has 4 aromatic rings. The third kappa shape index (κ3) is 6.51. The van der Waals surface area contributed by atoms with E-state index >= 15 is 0 Å².